The molecule has 0 atom stereocenters. The van der Waals surface area contributed by atoms with Crippen LogP contribution in [0, 0.1) is 11.3 Å². The number of hydrogen-bond acceptors (Lipinski definition) is 3. The zero-order valence-electron chi connectivity index (χ0n) is 12.2. The van der Waals surface area contributed by atoms with E-state index < -0.39 is 12.7 Å². The van der Waals surface area contributed by atoms with Gasteiger partial charge in [0.15, 0.2) is 0 Å². The number of nitriles is 1. The molecule has 3 nitrogen and oxygen atoms in total. The molecule has 1 heterocycles. The molecule has 0 fully saturated rings. The van der Waals surface area contributed by atoms with Crippen LogP contribution in [0.15, 0.2) is 6.07 Å². The van der Waals surface area contributed by atoms with Crippen molar-refractivity contribution in [1.29, 1.82) is 5.26 Å². The van der Waals surface area contributed by atoms with Crippen LogP contribution in [0.25, 0.3) is 0 Å². The summed E-state index contributed by atoms with van der Waals surface area (Å²) in [5.41, 5.74) is 2.06. The van der Waals surface area contributed by atoms with E-state index in [2.05, 4.69) is 4.98 Å². The Bertz CT molecular complexity index is 559. The summed E-state index contributed by atoms with van der Waals surface area (Å²) in [5, 5.41) is 9.25. The largest absolute Gasteiger partial charge is 0.405 e. The molecule has 1 aliphatic rings. The molecule has 21 heavy (non-hydrogen) atoms. The Labute approximate surface area is 122 Å². The third-order valence-corrected chi connectivity index (χ3v) is 3.65. The fourth-order valence-electron chi connectivity index (χ4n) is 2.62. The van der Waals surface area contributed by atoms with Crippen LogP contribution in [-0.2, 0) is 12.8 Å². The molecule has 0 saturated carbocycles. The first-order chi connectivity index (χ1) is 9.81. The number of fused-ring (bicyclic) bond motifs is 1. The molecule has 1 aliphatic carbocycles. The molecule has 1 aromatic heterocycles. The molecule has 0 bridgehead atoms. The Morgan fingerprint density at radius 1 is 1.33 bits per heavy atom. The van der Waals surface area contributed by atoms with Gasteiger partial charge in [-0.05, 0) is 51.2 Å². The fourth-order valence-corrected chi connectivity index (χ4v) is 2.62. The summed E-state index contributed by atoms with van der Waals surface area (Å²) in [6.07, 6.45) is -0.680. The van der Waals surface area contributed by atoms with Gasteiger partial charge in [0, 0.05) is 11.7 Å². The summed E-state index contributed by atoms with van der Waals surface area (Å²) in [4.78, 5) is 5.55. The summed E-state index contributed by atoms with van der Waals surface area (Å²) in [6.45, 7) is 2.26. The minimum Gasteiger partial charge on any atom is -0.344 e. The van der Waals surface area contributed by atoms with Crippen LogP contribution in [0.2, 0.25) is 0 Å². The summed E-state index contributed by atoms with van der Waals surface area (Å²) < 4.78 is 38.3. The number of nitrogens with zero attached hydrogens (tertiary/aromatic N) is 3. The average Bonchev–Trinajstić information content (AvgIpc) is 2.42. The quantitative estimate of drug-likeness (QED) is 0.855. The minimum absolute atomic E-state index is 0.158. The lowest BCUT2D eigenvalue weighted by Crippen LogP contribution is -2.40. The number of rotatable bonds is 3. The molecule has 0 radical (unpaired) electrons. The first-order valence-corrected chi connectivity index (χ1v) is 7.08. The molecular weight excluding hydrogens is 279 g/mol. The van der Waals surface area contributed by atoms with E-state index in [9.17, 15) is 18.4 Å². The molecule has 6 heteroatoms. The molecule has 1 aromatic rings. The Balaban J connectivity index is 2.46. The molecule has 2 rings (SSSR count). The normalized spacial score (nSPS) is 14.7. The van der Waals surface area contributed by atoms with Crippen LogP contribution < -0.4 is 4.90 Å². The van der Waals surface area contributed by atoms with Crippen LogP contribution >= 0.6 is 0 Å². The molecule has 114 valence electrons. The molecule has 0 saturated heterocycles. The zero-order valence-corrected chi connectivity index (χ0v) is 12.2. The first kappa shape index (κ1) is 15.6. The highest BCUT2D eigenvalue weighted by Gasteiger charge is 2.34. The second-order valence-corrected chi connectivity index (χ2v) is 5.62. The van der Waals surface area contributed by atoms with E-state index in [1.807, 2.05) is 6.07 Å². The lowest BCUT2D eigenvalue weighted by Gasteiger charge is -2.30. The van der Waals surface area contributed by atoms with Crippen LogP contribution in [0.1, 0.15) is 43.5 Å². The summed E-state index contributed by atoms with van der Waals surface area (Å²) >= 11 is 0. The van der Waals surface area contributed by atoms with Gasteiger partial charge < -0.3 is 4.90 Å². The maximum atomic E-state index is 12.8. The monoisotopic (exact) mass is 297 g/mol. The van der Waals surface area contributed by atoms with Gasteiger partial charge in [-0.3, -0.25) is 0 Å². The highest BCUT2D eigenvalue weighted by atomic mass is 19.4. The summed E-state index contributed by atoms with van der Waals surface area (Å²) in [7, 11) is 0. The molecule has 0 amide bonds. The Morgan fingerprint density at radius 3 is 2.57 bits per heavy atom. The predicted molar refractivity (Wildman–Crippen MR) is 74.1 cm³/mol. The molecule has 0 spiro atoms. The average molecular weight is 297 g/mol. The summed E-state index contributed by atoms with van der Waals surface area (Å²) in [5.74, 6) is 0.158. The van der Waals surface area contributed by atoms with Gasteiger partial charge >= 0.3 is 6.18 Å². The van der Waals surface area contributed by atoms with Crippen molar-refractivity contribution in [2.75, 3.05) is 11.4 Å². The SMILES string of the molecule is CC(C)N(CC(F)(F)F)c1nc2c(cc1C#N)CCCC2. The van der Waals surface area contributed by atoms with E-state index in [0.717, 1.165) is 41.8 Å². The number of hydrogen-bond donors (Lipinski definition) is 0. The topological polar surface area (TPSA) is 39.9 Å². The van der Waals surface area contributed by atoms with E-state index >= 15 is 0 Å². The smallest absolute Gasteiger partial charge is 0.344 e. The van der Waals surface area contributed by atoms with Crippen molar-refractivity contribution < 1.29 is 13.2 Å². The number of aromatic nitrogens is 1. The number of aryl methyl sites for hydroxylation is 2. The number of alkyl halides is 3. The van der Waals surface area contributed by atoms with Gasteiger partial charge in [-0.25, -0.2) is 4.98 Å². The highest BCUT2D eigenvalue weighted by molar-refractivity contribution is 5.57. The van der Waals surface area contributed by atoms with Gasteiger partial charge in [0.25, 0.3) is 0 Å². The minimum atomic E-state index is -4.32. The van der Waals surface area contributed by atoms with Gasteiger partial charge in [0.2, 0.25) is 0 Å². The Morgan fingerprint density at radius 2 is 2.00 bits per heavy atom. The van der Waals surface area contributed by atoms with Crippen molar-refractivity contribution in [1.82, 2.24) is 4.98 Å². The van der Waals surface area contributed by atoms with E-state index in [-0.39, 0.29) is 17.4 Å². The third-order valence-electron chi connectivity index (χ3n) is 3.65. The zero-order chi connectivity index (χ0) is 15.6. The van der Waals surface area contributed by atoms with Crippen LogP contribution in [0.3, 0.4) is 0 Å². The second kappa shape index (κ2) is 5.92. The highest BCUT2D eigenvalue weighted by Crippen LogP contribution is 2.29. The molecule has 0 aromatic carbocycles. The van der Waals surface area contributed by atoms with E-state index in [1.165, 1.54) is 0 Å². The predicted octanol–water partition coefficient (Wildman–Crippen LogP) is 3.61. The van der Waals surface area contributed by atoms with Gasteiger partial charge in [-0.2, -0.15) is 18.4 Å². The van der Waals surface area contributed by atoms with Crippen LogP contribution in [0.5, 0.6) is 0 Å². The first-order valence-electron chi connectivity index (χ1n) is 7.08. The Hall–Kier alpha value is -1.77. The Kier molecular flexibility index (Phi) is 4.40. The molecule has 0 aliphatic heterocycles. The van der Waals surface area contributed by atoms with Crippen molar-refractivity contribution in [3.63, 3.8) is 0 Å². The second-order valence-electron chi connectivity index (χ2n) is 5.62. The molecule has 0 N–H and O–H groups in total. The van der Waals surface area contributed by atoms with Gasteiger partial charge in [0.05, 0.1) is 5.56 Å². The van der Waals surface area contributed by atoms with Gasteiger partial charge in [-0.1, -0.05) is 0 Å². The van der Waals surface area contributed by atoms with Crippen molar-refractivity contribution in [3.05, 3.63) is 22.9 Å². The van der Waals surface area contributed by atoms with Crippen LogP contribution in [-0.4, -0.2) is 23.7 Å². The van der Waals surface area contributed by atoms with E-state index in [0.29, 0.717) is 0 Å². The molecular formula is C15H18F3N3. The van der Waals surface area contributed by atoms with Crippen molar-refractivity contribution in [2.45, 2.75) is 51.7 Å². The van der Waals surface area contributed by atoms with E-state index in [4.69, 9.17) is 0 Å². The maximum Gasteiger partial charge on any atom is 0.405 e. The number of anilines is 1. The third kappa shape index (κ3) is 3.66. The van der Waals surface area contributed by atoms with Gasteiger partial charge in [0.1, 0.15) is 18.4 Å². The van der Waals surface area contributed by atoms with E-state index in [1.54, 1.807) is 19.9 Å². The standard InChI is InChI=1S/C15H18F3N3/c1-10(2)21(9-15(16,17)18)14-12(8-19)7-11-5-3-4-6-13(11)20-14/h7,10H,3-6,9H2,1-2H3. The van der Waals surface area contributed by atoms with Gasteiger partial charge in [-0.15, -0.1) is 0 Å². The number of pyridine rings is 1. The fraction of sp³-hybridized carbons (Fsp3) is 0.600. The van der Waals surface area contributed by atoms with Crippen molar-refractivity contribution in [2.24, 2.45) is 0 Å². The lowest BCUT2D eigenvalue weighted by atomic mass is 9.94. The lowest BCUT2D eigenvalue weighted by molar-refractivity contribution is -0.120. The van der Waals surface area contributed by atoms with Crippen LogP contribution in [0.4, 0.5) is 19.0 Å². The van der Waals surface area contributed by atoms with Crippen molar-refractivity contribution in [3.8, 4) is 6.07 Å². The van der Waals surface area contributed by atoms with Crippen molar-refractivity contribution >= 4 is 5.82 Å². The summed E-state index contributed by atoms with van der Waals surface area (Å²) in [6, 6.07) is 3.32. The maximum absolute atomic E-state index is 12.8. The molecule has 0 unspecified atom stereocenters. The number of halogens is 3.